The number of alkyl halides is 3. The van der Waals surface area contributed by atoms with Gasteiger partial charge in [-0.3, -0.25) is 0 Å². The minimum Gasteiger partial charge on any atom is -0.364 e. The Balaban J connectivity index is 3.76. The normalized spacial score (nSPS) is 17.5. The first-order valence-electron chi connectivity index (χ1n) is 3.39. The van der Waals surface area contributed by atoms with Crippen LogP contribution in [0, 0.1) is 0 Å². The molecule has 0 fully saturated rings. The third-order valence-corrected chi connectivity index (χ3v) is 1.56. The summed E-state index contributed by atoms with van der Waals surface area (Å²) in [6.07, 6.45) is -2.08. The van der Waals surface area contributed by atoms with Gasteiger partial charge >= 0.3 is 0 Å². The molecule has 2 atom stereocenters. The highest BCUT2D eigenvalue weighted by Gasteiger charge is 2.33. The Hall–Kier alpha value is 0.750. The third-order valence-electron chi connectivity index (χ3n) is 1.00. The van der Waals surface area contributed by atoms with Crippen molar-refractivity contribution in [1.29, 1.82) is 0 Å². The van der Waals surface area contributed by atoms with Crippen molar-refractivity contribution in [2.75, 3.05) is 6.61 Å². The standard InChI is InChI=1S/C6H11Cl3O3/c1-3-11-4(2)12-5(10)6(7,8)9/h4-5,10H,3H2,1-2H3. The maximum atomic E-state index is 9.08. The molecule has 0 aromatic rings. The van der Waals surface area contributed by atoms with Gasteiger partial charge < -0.3 is 14.6 Å². The average Bonchev–Trinajstić information content (AvgIpc) is 1.85. The van der Waals surface area contributed by atoms with Gasteiger partial charge in [-0.1, -0.05) is 34.8 Å². The quantitative estimate of drug-likeness (QED) is 0.601. The molecular formula is C6H11Cl3O3. The number of halogens is 3. The Morgan fingerprint density at radius 2 is 1.92 bits per heavy atom. The number of hydrogen-bond donors (Lipinski definition) is 1. The summed E-state index contributed by atoms with van der Waals surface area (Å²) in [5.41, 5.74) is 0. The molecule has 1 N–H and O–H groups in total. The molecule has 0 spiro atoms. The van der Waals surface area contributed by atoms with Crippen LogP contribution in [0.15, 0.2) is 0 Å². The molecule has 6 heteroatoms. The highest BCUT2D eigenvalue weighted by molar-refractivity contribution is 6.67. The second kappa shape index (κ2) is 5.47. The molecule has 0 radical (unpaired) electrons. The van der Waals surface area contributed by atoms with E-state index in [2.05, 4.69) is 0 Å². The Morgan fingerprint density at radius 3 is 2.25 bits per heavy atom. The number of ether oxygens (including phenoxy) is 2. The third kappa shape index (κ3) is 5.41. The lowest BCUT2D eigenvalue weighted by Gasteiger charge is -2.22. The molecule has 0 aliphatic carbocycles. The van der Waals surface area contributed by atoms with Crippen LogP contribution in [0.2, 0.25) is 0 Å². The maximum Gasteiger partial charge on any atom is 0.240 e. The van der Waals surface area contributed by atoms with Crippen molar-refractivity contribution in [3.63, 3.8) is 0 Å². The van der Waals surface area contributed by atoms with Gasteiger partial charge in [-0.15, -0.1) is 0 Å². The van der Waals surface area contributed by atoms with Crippen LogP contribution in [0.1, 0.15) is 13.8 Å². The highest BCUT2D eigenvalue weighted by Crippen LogP contribution is 2.31. The molecule has 2 unspecified atom stereocenters. The fourth-order valence-corrected chi connectivity index (χ4v) is 0.687. The van der Waals surface area contributed by atoms with Crippen molar-refractivity contribution in [2.45, 2.75) is 30.2 Å². The Bertz CT molecular complexity index is 126. The van der Waals surface area contributed by atoms with Gasteiger partial charge in [0.05, 0.1) is 0 Å². The monoisotopic (exact) mass is 236 g/mol. The molecule has 74 valence electrons. The molecule has 0 aliphatic heterocycles. The fourth-order valence-electron chi connectivity index (χ4n) is 0.533. The first-order valence-corrected chi connectivity index (χ1v) is 4.53. The summed E-state index contributed by atoms with van der Waals surface area (Å²) in [7, 11) is 0. The molecule has 3 nitrogen and oxygen atoms in total. The summed E-state index contributed by atoms with van der Waals surface area (Å²) in [5.74, 6) is 0. The number of aliphatic hydroxyl groups excluding tert-OH is 1. The van der Waals surface area contributed by atoms with E-state index in [1.807, 2.05) is 0 Å². The maximum absolute atomic E-state index is 9.08. The smallest absolute Gasteiger partial charge is 0.240 e. The molecule has 0 bridgehead atoms. The SMILES string of the molecule is CCOC(C)OC(O)C(Cl)(Cl)Cl. The minimum absolute atomic E-state index is 0.466. The van der Waals surface area contributed by atoms with Crippen molar-refractivity contribution in [2.24, 2.45) is 0 Å². The summed E-state index contributed by atoms with van der Waals surface area (Å²) in [5, 5.41) is 9.08. The summed E-state index contributed by atoms with van der Waals surface area (Å²) in [6.45, 7) is 3.86. The van der Waals surface area contributed by atoms with E-state index >= 15 is 0 Å². The van der Waals surface area contributed by atoms with Crippen molar-refractivity contribution < 1.29 is 14.6 Å². The van der Waals surface area contributed by atoms with Crippen LogP contribution in [-0.2, 0) is 9.47 Å². The predicted molar refractivity (Wildman–Crippen MR) is 48.5 cm³/mol. The van der Waals surface area contributed by atoms with Gasteiger partial charge in [0.25, 0.3) is 0 Å². The Kier molecular flexibility index (Phi) is 5.82. The van der Waals surface area contributed by atoms with Gasteiger partial charge in [0, 0.05) is 6.61 Å². The van der Waals surface area contributed by atoms with E-state index < -0.39 is 16.4 Å². The summed E-state index contributed by atoms with van der Waals surface area (Å²) in [6, 6.07) is 0. The topological polar surface area (TPSA) is 38.7 Å². The van der Waals surface area contributed by atoms with Crippen LogP contribution in [0.25, 0.3) is 0 Å². The molecule has 0 amide bonds. The van der Waals surface area contributed by atoms with Crippen LogP contribution in [0.5, 0.6) is 0 Å². The van der Waals surface area contributed by atoms with Crippen LogP contribution in [0.3, 0.4) is 0 Å². The number of aliphatic hydroxyl groups is 1. The van der Waals surface area contributed by atoms with Gasteiger partial charge in [0.15, 0.2) is 6.29 Å². The van der Waals surface area contributed by atoms with Crippen LogP contribution in [0.4, 0.5) is 0 Å². The zero-order valence-electron chi connectivity index (χ0n) is 6.76. The molecule has 0 rings (SSSR count). The lowest BCUT2D eigenvalue weighted by molar-refractivity contribution is -0.216. The molecule has 0 aromatic carbocycles. The van der Waals surface area contributed by atoms with E-state index in [4.69, 9.17) is 49.4 Å². The molecule has 0 aliphatic rings. The number of hydrogen-bond acceptors (Lipinski definition) is 3. The van der Waals surface area contributed by atoms with E-state index in [0.29, 0.717) is 6.61 Å². The molecule has 0 heterocycles. The molecule has 12 heavy (non-hydrogen) atoms. The molecular weight excluding hydrogens is 226 g/mol. The van der Waals surface area contributed by atoms with Crippen molar-refractivity contribution in [1.82, 2.24) is 0 Å². The zero-order valence-corrected chi connectivity index (χ0v) is 9.03. The van der Waals surface area contributed by atoms with Crippen molar-refractivity contribution >= 4 is 34.8 Å². The lowest BCUT2D eigenvalue weighted by Crippen LogP contribution is -2.32. The van der Waals surface area contributed by atoms with Crippen molar-refractivity contribution in [3.8, 4) is 0 Å². The first kappa shape index (κ1) is 12.8. The van der Waals surface area contributed by atoms with E-state index in [1.54, 1.807) is 13.8 Å². The average molecular weight is 238 g/mol. The van der Waals surface area contributed by atoms with Gasteiger partial charge in [0.2, 0.25) is 10.1 Å². The lowest BCUT2D eigenvalue weighted by atomic mass is 10.6. The zero-order chi connectivity index (χ0) is 9.78. The summed E-state index contributed by atoms with van der Waals surface area (Å²) in [4.78, 5) is 0. The summed E-state index contributed by atoms with van der Waals surface area (Å²) >= 11 is 16.0. The second-order valence-electron chi connectivity index (χ2n) is 2.05. The van der Waals surface area contributed by atoms with Gasteiger partial charge in [-0.25, -0.2) is 0 Å². The van der Waals surface area contributed by atoms with Gasteiger partial charge in [0.1, 0.15) is 0 Å². The highest BCUT2D eigenvalue weighted by atomic mass is 35.6. The second-order valence-corrected chi connectivity index (χ2v) is 4.42. The number of rotatable bonds is 4. The van der Waals surface area contributed by atoms with Gasteiger partial charge in [-0.05, 0) is 13.8 Å². The molecule has 0 saturated carbocycles. The molecule has 0 saturated heterocycles. The largest absolute Gasteiger partial charge is 0.364 e. The fraction of sp³-hybridized carbons (Fsp3) is 1.00. The van der Waals surface area contributed by atoms with E-state index in [9.17, 15) is 0 Å². The Labute approximate surface area is 86.5 Å². The summed E-state index contributed by atoms with van der Waals surface area (Å²) < 4.78 is 7.90. The van der Waals surface area contributed by atoms with Crippen LogP contribution in [-0.4, -0.2) is 28.1 Å². The van der Waals surface area contributed by atoms with Crippen molar-refractivity contribution in [3.05, 3.63) is 0 Å². The van der Waals surface area contributed by atoms with E-state index in [0.717, 1.165) is 0 Å². The van der Waals surface area contributed by atoms with E-state index in [1.165, 1.54) is 0 Å². The first-order chi connectivity index (χ1) is 5.38. The van der Waals surface area contributed by atoms with E-state index in [-0.39, 0.29) is 0 Å². The van der Waals surface area contributed by atoms with Crippen LogP contribution < -0.4 is 0 Å². The minimum atomic E-state index is -1.84. The van der Waals surface area contributed by atoms with Gasteiger partial charge in [-0.2, -0.15) is 0 Å². The van der Waals surface area contributed by atoms with Crippen LogP contribution >= 0.6 is 34.8 Å². The predicted octanol–water partition coefficient (Wildman–Crippen LogP) is 2.07. The molecule has 0 aromatic heterocycles. The Morgan fingerprint density at radius 1 is 1.42 bits per heavy atom.